The summed E-state index contributed by atoms with van der Waals surface area (Å²) in [5.41, 5.74) is 2.67. The van der Waals surface area contributed by atoms with Gasteiger partial charge >= 0.3 is 11.7 Å². The summed E-state index contributed by atoms with van der Waals surface area (Å²) in [5.74, 6) is 0.433. The van der Waals surface area contributed by atoms with Crippen LogP contribution in [0.3, 0.4) is 0 Å². The minimum absolute atomic E-state index is 0.0259. The van der Waals surface area contributed by atoms with Gasteiger partial charge in [0.1, 0.15) is 11.6 Å². The predicted molar refractivity (Wildman–Crippen MR) is 166 cm³/mol. The molecule has 4 heterocycles. The predicted octanol–water partition coefficient (Wildman–Crippen LogP) is 4.85. The summed E-state index contributed by atoms with van der Waals surface area (Å²) in [6, 6.07) is 7.17. The molecule has 1 saturated carbocycles. The molecular weight excluding hydrogens is 549 g/mol. The molecule has 11 heteroatoms. The van der Waals surface area contributed by atoms with E-state index in [2.05, 4.69) is 15.2 Å². The zero-order valence-electron chi connectivity index (χ0n) is 25.7. The van der Waals surface area contributed by atoms with Gasteiger partial charge in [-0.1, -0.05) is 0 Å². The van der Waals surface area contributed by atoms with E-state index in [1.807, 2.05) is 44.5 Å². The minimum atomic E-state index is -0.390. The Hall–Kier alpha value is -3.99. The molecule has 1 aliphatic carbocycles. The summed E-state index contributed by atoms with van der Waals surface area (Å²) in [5, 5.41) is 3.77. The van der Waals surface area contributed by atoms with Crippen LogP contribution in [0.1, 0.15) is 52.5 Å². The van der Waals surface area contributed by atoms with Gasteiger partial charge < -0.3 is 19.9 Å². The van der Waals surface area contributed by atoms with Gasteiger partial charge in [0.05, 0.1) is 28.9 Å². The molecule has 1 aliphatic heterocycles. The lowest BCUT2D eigenvalue weighted by atomic mass is 9.89. The largest absolute Gasteiger partial charge is 0.381 e. The van der Waals surface area contributed by atoms with Crippen molar-refractivity contribution in [3.05, 3.63) is 53.0 Å². The number of methoxy groups -OCH3 is 1. The second kappa shape index (κ2) is 10.9. The van der Waals surface area contributed by atoms with Gasteiger partial charge in [0.15, 0.2) is 0 Å². The summed E-state index contributed by atoms with van der Waals surface area (Å²) in [4.78, 5) is 39.1. The van der Waals surface area contributed by atoms with Crippen LogP contribution in [0.15, 0.2) is 41.5 Å². The van der Waals surface area contributed by atoms with E-state index in [0.29, 0.717) is 22.2 Å². The van der Waals surface area contributed by atoms with E-state index < -0.39 is 0 Å². The molecular formula is C32H40FN7O3. The number of hydrogen-bond acceptors (Lipinski definition) is 6. The molecule has 2 amide bonds. The van der Waals surface area contributed by atoms with Gasteiger partial charge in [-0.05, 0) is 64.7 Å². The normalized spacial score (nSPS) is 19.6. The van der Waals surface area contributed by atoms with E-state index in [9.17, 15) is 9.59 Å². The number of nitrogens with one attached hydrogen (secondary N) is 1. The molecule has 0 spiro atoms. The van der Waals surface area contributed by atoms with Crippen molar-refractivity contribution >= 4 is 33.8 Å². The van der Waals surface area contributed by atoms with Gasteiger partial charge in [0.25, 0.3) is 0 Å². The van der Waals surface area contributed by atoms with Gasteiger partial charge in [-0.2, -0.15) is 0 Å². The van der Waals surface area contributed by atoms with Crippen molar-refractivity contribution in [3.63, 3.8) is 0 Å². The number of halogens is 1. The molecule has 0 atom stereocenters. The van der Waals surface area contributed by atoms with E-state index in [1.165, 1.54) is 6.07 Å². The van der Waals surface area contributed by atoms with Crippen molar-refractivity contribution in [2.45, 2.75) is 70.2 Å². The van der Waals surface area contributed by atoms with Gasteiger partial charge in [0, 0.05) is 80.7 Å². The monoisotopic (exact) mass is 589 g/mol. The zero-order chi connectivity index (χ0) is 30.6. The van der Waals surface area contributed by atoms with Gasteiger partial charge in [-0.3, -0.25) is 14.1 Å². The Kier molecular flexibility index (Phi) is 7.40. The Morgan fingerprint density at radius 1 is 1.12 bits per heavy atom. The van der Waals surface area contributed by atoms with E-state index in [-0.39, 0.29) is 41.3 Å². The number of amides is 2. The third-order valence-corrected chi connectivity index (χ3v) is 8.97. The van der Waals surface area contributed by atoms with Crippen LogP contribution in [0.25, 0.3) is 33.1 Å². The number of carbonyl (C=O) groups is 1. The molecule has 3 aromatic heterocycles. The molecule has 2 aliphatic rings. The number of rotatable bonds is 5. The van der Waals surface area contributed by atoms with Gasteiger partial charge in [-0.15, -0.1) is 0 Å². The van der Waals surface area contributed by atoms with Crippen LogP contribution in [0.5, 0.6) is 0 Å². The quantitative estimate of drug-likeness (QED) is 0.358. The summed E-state index contributed by atoms with van der Waals surface area (Å²) in [6.45, 7) is 7.48. The maximum absolute atomic E-state index is 15.5. The van der Waals surface area contributed by atoms with Crippen molar-refractivity contribution in [1.82, 2.24) is 29.3 Å². The number of aryl methyl sites for hydroxylation is 1. The Bertz CT molecular complexity index is 1730. The van der Waals surface area contributed by atoms with E-state index in [4.69, 9.17) is 9.72 Å². The second-order valence-corrected chi connectivity index (χ2v) is 13.0. The fourth-order valence-corrected chi connectivity index (χ4v) is 6.34. The number of aromatic nitrogens is 4. The SMILES string of the molecule is COC1CC(n2c(=O)n(C)c3cnc4cc(F)c(-c5ccc(N6CCC(N(C)C(=O)NC(C)(C)C)CC6)nc5)cc4c32)C1. The number of pyridine rings is 2. The van der Waals surface area contributed by atoms with E-state index in [0.717, 1.165) is 55.5 Å². The maximum Gasteiger partial charge on any atom is 0.329 e. The molecule has 1 aromatic carbocycles. The number of nitrogens with zero attached hydrogens (tertiary/aromatic N) is 6. The molecule has 228 valence electrons. The number of urea groups is 1. The first-order valence-corrected chi connectivity index (χ1v) is 14.9. The first-order valence-electron chi connectivity index (χ1n) is 14.9. The number of hydrogen-bond donors (Lipinski definition) is 1. The summed E-state index contributed by atoms with van der Waals surface area (Å²) >= 11 is 0. The lowest BCUT2D eigenvalue weighted by Crippen LogP contribution is -2.53. The number of imidazole rings is 1. The fourth-order valence-electron chi connectivity index (χ4n) is 6.34. The Morgan fingerprint density at radius 2 is 1.84 bits per heavy atom. The Labute approximate surface area is 250 Å². The molecule has 43 heavy (non-hydrogen) atoms. The highest BCUT2D eigenvalue weighted by molar-refractivity contribution is 6.04. The third kappa shape index (κ3) is 5.35. The molecule has 10 nitrogen and oxygen atoms in total. The molecule has 1 saturated heterocycles. The highest BCUT2D eigenvalue weighted by atomic mass is 19.1. The number of fused-ring (bicyclic) bond motifs is 3. The number of anilines is 1. The summed E-state index contributed by atoms with van der Waals surface area (Å²) in [7, 11) is 5.29. The third-order valence-electron chi connectivity index (χ3n) is 8.97. The number of piperidine rings is 1. The molecule has 4 aromatic rings. The first-order chi connectivity index (χ1) is 20.4. The second-order valence-electron chi connectivity index (χ2n) is 13.0. The summed E-state index contributed by atoms with van der Waals surface area (Å²) < 4.78 is 24.4. The highest BCUT2D eigenvalue weighted by Gasteiger charge is 2.34. The first kappa shape index (κ1) is 29.1. The number of ether oxygens (including phenoxy) is 1. The lowest BCUT2D eigenvalue weighted by Gasteiger charge is -2.38. The van der Waals surface area contributed by atoms with Gasteiger partial charge in [-0.25, -0.2) is 19.0 Å². The van der Waals surface area contributed by atoms with Crippen LogP contribution >= 0.6 is 0 Å². The average Bonchev–Trinajstić information content (AvgIpc) is 3.20. The van der Waals surface area contributed by atoms with Crippen molar-refractivity contribution in [1.29, 1.82) is 0 Å². The van der Waals surface area contributed by atoms with Crippen molar-refractivity contribution in [2.24, 2.45) is 7.05 Å². The molecule has 1 N–H and O–H groups in total. The lowest BCUT2D eigenvalue weighted by molar-refractivity contribution is 0.00635. The van der Waals surface area contributed by atoms with E-state index >= 15 is 4.39 Å². The number of benzene rings is 1. The van der Waals surface area contributed by atoms with Crippen molar-refractivity contribution < 1.29 is 13.9 Å². The standard InChI is InChI=1S/C32H40FN7O3/c1-32(2,3)36-30(41)37(4)20-9-11-39(12-10-20)28-8-7-19(17-35-28)23-15-24-26(16-25(23)33)34-18-27-29(24)40(31(42)38(27)5)21-13-22(14-21)43-6/h7-8,15-18,20-22H,9-14H2,1-6H3,(H,36,41). The topological polar surface area (TPSA) is 97.5 Å². The van der Waals surface area contributed by atoms with Crippen LogP contribution in [0.4, 0.5) is 15.0 Å². The fraction of sp³-hybridized carbons (Fsp3) is 0.500. The van der Waals surface area contributed by atoms with Crippen molar-refractivity contribution in [3.8, 4) is 11.1 Å². The Morgan fingerprint density at radius 3 is 2.47 bits per heavy atom. The number of carbonyl (C=O) groups excluding carboxylic acids is 1. The maximum atomic E-state index is 15.5. The zero-order valence-corrected chi connectivity index (χ0v) is 25.7. The van der Waals surface area contributed by atoms with Crippen LogP contribution in [-0.4, -0.2) is 75.0 Å². The Balaban J connectivity index is 1.25. The minimum Gasteiger partial charge on any atom is -0.381 e. The summed E-state index contributed by atoms with van der Waals surface area (Å²) in [6.07, 6.45) is 6.69. The molecule has 0 bridgehead atoms. The molecule has 0 unspecified atom stereocenters. The van der Waals surface area contributed by atoms with Crippen LogP contribution in [-0.2, 0) is 11.8 Å². The molecule has 2 fully saturated rings. The van der Waals surface area contributed by atoms with Crippen LogP contribution in [0, 0.1) is 5.82 Å². The molecule has 0 radical (unpaired) electrons. The smallest absolute Gasteiger partial charge is 0.329 e. The highest BCUT2D eigenvalue weighted by Crippen LogP contribution is 2.38. The van der Waals surface area contributed by atoms with E-state index in [1.54, 1.807) is 42.1 Å². The van der Waals surface area contributed by atoms with Crippen LogP contribution < -0.4 is 15.9 Å². The van der Waals surface area contributed by atoms with Crippen LogP contribution in [0.2, 0.25) is 0 Å². The van der Waals surface area contributed by atoms with Crippen molar-refractivity contribution in [2.75, 3.05) is 32.1 Å². The molecule has 6 rings (SSSR count). The average molecular weight is 590 g/mol. The van der Waals surface area contributed by atoms with Gasteiger partial charge in [0.2, 0.25) is 0 Å².